The van der Waals surface area contributed by atoms with Crippen molar-refractivity contribution in [2.45, 2.75) is 6.92 Å². The van der Waals surface area contributed by atoms with Crippen LogP contribution in [0.25, 0.3) is 0 Å². The molecular weight excluding hydrogens is 176 g/mol. The Bertz CT molecular complexity index is 351. The van der Waals surface area contributed by atoms with Gasteiger partial charge in [-0.2, -0.15) is 0 Å². The molecule has 1 aromatic heterocycles. The molecule has 0 amide bonds. The van der Waals surface area contributed by atoms with Crippen LogP contribution in [0.3, 0.4) is 0 Å². The van der Waals surface area contributed by atoms with E-state index in [2.05, 4.69) is 20.2 Å². The molecule has 4 heteroatoms. The molecule has 2 aliphatic rings. The van der Waals surface area contributed by atoms with E-state index in [1.165, 1.54) is 13.1 Å². The predicted molar refractivity (Wildman–Crippen MR) is 54.3 cm³/mol. The smallest absolute Gasteiger partial charge is 0.132 e. The molecule has 2 fully saturated rings. The molecule has 0 atom stereocenters. The third-order valence-electron chi connectivity index (χ3n) is 3.14. The fraction of sp³-hybridized carbons (Fsp3) is 0.600. The average Bonchev–Trinajstić information content (AvgIpc) is 1.98. The van der Waals surface area contributed by atoms with Gasteiger partial charge < -0.3 is 10.2 Å². The van der Waals surface area contributed by atoms with E-state index in [0.29, 0.717) is 5.41 Å². The highest BCUT2D eigenvalue weighted by molar-refractivity contribution is 5.43. The second kappa shape index (κ2) is 2.67. The summed E-state index contributed by atoms with van der Waals surface area (Å²) in [5.41, 5.74) is 0.568. The Morgan fingerprint density at radius 3 is 2.79 bits per heavy atom. The lowest BCUT2D eigenvalue weighted by Gasteiger charge is -2.56. The molecule has 0 saturated carbocycles. The van der Waals surface area contributed by atoms with Gasteiger partial charge in [0, 0.05) is 37.8 Å². The van der Waals surface area contributed by atoms with Crippen LogP contribution in [-0.2, 0) is 0 Å². The number of nitrogens with one attached hydrogen (secondary N) is 1. The van der Waals surface area contributed by atoms with Crippen LogP contribution in [0.5, 0.6) is 0 Å². The van der Waals surface area contributed by atoms with E-state index in [4.69, 9.17) is 0 Å². The molecule has 0 bridgehead atoms. The monoisotopic (exact) mass is 190 g/mol. The first-order valence-corrected chi connectivity index (χ1v) is 5.03. The van der Waals surface area contributed by atoms with Gasteiger partial charge in [0.15, 0.2) is 0 Å². The summed E-state index contributed by atoms with van der Waals surface area (Å²) in [7, 11) is 0. The van der Waals surface area contributed by atoms with Gasteiger partial charge in [0.2, 0.25) is 0 Å². The quantitative estimate of drug-likeness (QED) is 0.686. The first-order chi connectivity index (χ1) is 6.77. The SMILES string of the molecule is Cc1nccc(N2CC3(CNC3)C2)n1. The molecule has 3 heterocycles. The normalized spacial score (nSPS) is 23.1. The fourth-order valence-corrected chi connectivity index (χ4v) is 2.25. The number of aryl methyl sites for hydroxylation is 1. The van der Waals surface area contributed by atoms with Crippen LogP contribution in [-0.4, -0.2) is 36.1 Å². The average molecular weight is 190 g/mol. The predicted octanol–water partition coefficient (Wildman–Crippen LogP) is 0.195. The number of rotatable bonds is 1. The van der Waals surface area contributed by atoms with Crippen molar-refractivity contribution in [3.05, 3.63) is 18.1 Å². The summed E-state index contributed by atoms with van der Waals surface area (Å²) in [5, 5.41) is 3.33. The van der Waals surface area contributed by atoms with Crippen LogP contribution < -0.4 is 10.2 Å². The summed E-state index contributed by atoms with van der Waals surface area (Å²) in [6, 6.07) is 1.99. The molecule has 0 aliphatic carbocycles. The van der Waals surface area contributed by atoms with Gasteiger partial charge in [-0.1, -0.05) is 0 Å². The summed E-state index contributed by atoms with van der Waals surface area (Å²) in [6.45, 7) is 6.58. The third-order valence-corrected chi connectivity index (χ3v) is 3.14. The summed E-state index contributed by atoms with van der Waals surface area (Å²) in [5.74, 6) is 1.94. The van der Waals surface area contributed by atoms with Crippen molar-refractivity contribution in [3.8, 4) is 0 Å². The van der Waals surface area contributed by atoms with Crippen molar-refractivity contribution in [2.75, 3.05) is 31.1 Å². The van der Waals surface area contributed by atoms with E-state index < -0.39 is 0 Å². The molecule has 2 saturated heterocycles. The first kappa shape index (κ1) is 8.17. The summed E-state index contributed by atoms with van der Waals surface area (Å²) in [4.78, 5) is 10.8. The largest absolute Gasteiger partial charge is 0.355 e. The zero-order valence-electron chi connectivity index (χ0n) is 8.32. The van der Waals surface area contributed by atoms with Gasteiger partial charge in [0.1, 0.15) is 11.6 Å². The van der Waals surface area contributed by atoms with Crippen molar-refractivity contribution in [3.63, 3.8) is 0 Å². The Hall–Kier alpha value is -1.16. The number of aromatic nitrogens is 2. The molecule has 0 unspecified atom stereocenters. The topological polar surface area (TPSA) is 41.1 Å². The second-order valence-electron chi connectivity index (χ2n) is 4.42. The molecular formula is C10H14N4. The maximum absolute atomic E-state index is 4.41. The van der Waals surface area contributed by atoms with Crippen LogP contribution in [0.1, 0.15) is 5.82 Å². The van der Waals surface area contributed by atoms with Gasteiger partial charge in [0.25, 0.3) is 0 Å². The minimum Gasteiger partial charge on any atom is -0.355 e. The molecule has 1 aromatic rings. The highest BCUT2D eigenvalue weighted by atomic mass is 15.3. The van der Waals surface area contributed by atoms with Crippen LogP contribution in [0.15, 0.2) is 12.3 Å². The highest BCUT2D eigenvalue weighted by Crippen LogP contribution is 2.36. The van der Waals surface area contributed by atoms with Crippen LogP contribution in [0, 0.1) is 12.3 Å². The standard InChI is InChI=1S/C10H14N4/c1-8-12-3-2-9(13-8)14-6-10(7-14)4-11-5-10/h2-3,11H,4-7H2,1H3. The Morgan fingerprint density at radius 1 is 1.43 bits per heavy atom. The van der Waals surface area contributed by atoms with Gasteiger partial charge in [-0.15, -0.1) is 0 Å². The van der Waals surface area contributed by atoms with Crippen molar-refractivity contribution in [1.82, 2.24) is 15.3 Å². The van der Waals surface area contributed by atoms with Crippen molar-refractivity contribution < 1.29 is 0 Å². The van der Waals surface area contributed by atoms with Gasteiger partial charge >= 0.3 is 0 Å². The molecule has 2 aliphatic heterocycles. The van der Waals surface area contributed by atoms with Crippen LogP contribution in [0.4, 0.5) is 5.82 Å². The lowest BCUT2D eigenvalue weighted by atomic mass is 9.74. The van der Waals surface area contributed by atoms with Gasteiger partial charge in [0.05, 0.1) is 0 Å². The lowest BCUT2D eigenvalue weighted by Crippen LogP contribution is -2.71. The second-order valence-corrected chi connectivity index (χ2v) is 4.42. The zero-order chi connectivity index (χ0) is 9.60. The Labute approximate surface area is 83.4 Å². The number of anilines is 1. The maximum Gasteiger partial charge on any atom is 0.132 e. The van der Waals surface area contributed by atoms with Gasteiger partial charge in [-0.3, -0.25) is 0 Å². The Morgan fingerprint density at radius 2 is 2.21 bits per heavy atom. The van der Waals surface area contributed by atoms with Gasteiger partial charge in [-0.05, 0) is 13.0 Å². The summed E-state index contributed by atoms with van der Waals surface area (Å²) >= 11 is 0. The molecule has 0 aromatic carbocycles. The van der Waals surface area contributed by atoms with E-state index in [1.807, 2.05) is 19.2 Å². The van der Waals surface area contributed by atoms with Crippen molar-refractivity contribution in [1.29, 1.82) is 0 Å². The third kappa shape index (κ3) is 1.10. The first-order valence-electron chi connectivity index (χ1n) is 5.03. The van der Waals surface area contributed by atoms with E-state index in [0.717, 1.165) is 24.7 Å². The Kier molecular flexibility index (Phi) is 1.56. The molecule has 3 rings (SSSR count). The molecule has 4 nitrogen and oxygen atoms in total. The van der Waals surface area contributed by atoms with Crippen molar-refractivity contribution >= 4 is 5.82 Å². The molecule has 1 N–H and O–H groups in total. The summed E-state index contributed by atoms with van der Waals surface area (Å²) < 4.78 is 0. The van der Waals surface area contributed by atoms with E-state index >= 15 is 0 Å². The fourth-order valence-electron chi connectivity index (χ4n) is 2.25. The molecule has 1 spiro atoms. The van der Waals surface area contributed by atoms with Crippen LogP contribution in [0.2, 0.25) is 0 Å². The van der Waals surface area contributed by atoms with Gasteiger partial charge in [-0.25, -0.2) is 9.97 Å². The molecule has 14 heavy (non-hydrogen) atoms. The van der Waals surface area contributed by atoms with Crippen molar-refractivity contribution in [2.24, 2.45) is 5.41 Å². The van der Waals surface area contributed by atoms with E-state index in [1.54, 1.807) is 0 Å². The van der Waals surface area contributed by atoms with Crippen LogP contribution >= 0.6 is 0 Å². The zero-order valence-corrected chi connectivity index (χ0v) is 8.32. The molecule has 0 radical (unpaired) electrons. The number of nitrogens with zero attached hydrogens (tertiary/aromatic N) is 3. The number of hydrogen-bond acceptors (Lipinski definition) is 4. The van der Waals surface area contributed by atoms with E-state index in [9.17, 15) is 0 Å². The number of hydrogen-bond donors (Lipinski definition) is 1. The minimum absolute atomic E-state index is 0.568. The Balaban J connectivity index is 1.73. The highest BCUT2D eigenvalue weighted by Gasteiger charge is 2.47. The minimum atomic E-state index is 0.568. The maximum atomic E-state index is 4.41. The van der Waals surface area contributed by atoms with E-state index in [-0.39, 0.29) is 0 Å². The lowest BCUT2D eigenvalue weighted by molar-refractivity contribution is 0.120. The summed E-state index contributed by atoms with van der Waals surface area (Å²) in [6.07, 6.45) is 1.84. The molecule has 74 valence electrons.